The molecule has 0 fully saturated rings. The monoisotopic (exact) mass is 681 g/mol. The second-order valence-electron chi connectivity index (χ2n) is 10.3. The van der Waals surface area contributed by atoms with Gasteiger partial charge in [-0.25, -0.2) is 4.98 Å². The van der Waals surface area contributed by atoms with Gasteiger partial charge in [0.2, 0.25) is 5.91 Å². The molecule has 4 aromatic carbocycles. The molecule has 5 rings (SSSR count). The highest BCUT2D eigenvalue weighted by atomic mass is 32.2. The van der Waals surface area contributed by atoms with Crippen LogP contribution < -0.4 is 20.7 Å². The number of hydrogen-bond donors (Lipinski definition) is 3. The largest absolute Gasteiger partial charge is 0.494 e. The van der Waals surface area contributed by atoms with Gasteiger partial charge in [0.05, 0.1) is 27.0 Å². The minimum absolute atomic E-state index is 0.0641. The number of nitro benzene ring substituents is 1. The molecule has 0 bridgehead atoms. The van der Waals surface area contributed by atoms with Crippen LogP contribution >= 0.6 is 23.1 Å². The van der Waals surface area contributed by atoms with Gasteiger partial charge in [0, 0.05) is 28.3 Å². The predicted octanol–water partition coefficient (Wildman–Crippen LogP) is 7.52. The Balaban J connectivity index is 1.29. The lowest BCUT2D eigenvalue weighted by Gasteiger charge is -2.15. The van der Waals surface area contributed by atoms with E-state index in [1.807, 2.05) is 38.1 Å². The lowest BCUT2D eigenvalue weighted by Crippen LogP contribution is -2.30. The first kappa shape index (κ1) is 33.8. The van der Waals surface area contributed by atoms with Crippen LogP contribution in [-0.4, -0.2) is 39.5 Å². The van der Waals surface area contributed by atoms with Crippen molar-refractivity contribution >= 4 is 73.6 Å². The van der Waals surface area contributed by atoms with Crippen molar-refractivity contribution in [2.45, 2.75) is 30.4 Å². The van der Waals surface area contributed by atoms with Crippen LogP contribution in [0.2, 0.25) is 0 Å². The predicted molar refractivity (Wildman–Crippen MR) is 189 cm³/mol. The molecular formula is C35H31N5O6S2. The van der Waals surface area contributed by atoms with E-state index in [1.54, 1.807) is 48.5 Å². The van der Waals surface area contributed by atoms with Crippen molar-refractivity contribution in [3.8, 4) is 5.75 Å². The van der Waals surface area contributed by atoms with E-state index in [0.29, 0.717) is 35.0 Å². The van der Waals surface area contributed by atoms with Gasteiger partial charge in [-0.3, -0.25) is 24.5 Å². The standard InChI is InChI=1S/C35H31N5O6S2/c1-3-30(34(43)39-35-38-28-18-17-26(46-4-2)21-31(28)48-35)47-27-12-8-11-24(20-27)36-33(42)29(37-32(41)23-9-6-5-7-10-23)19-22-13-15-25(16-14-22)40(44)45/h5-21,30H,3-4H2,1-2H3,(H,36,42)(H,37,41)(H,38,39,43)/b29-19+. The fraction of sp³-hybridized carbons (Fsp3) is 0.143. The quantitative estimate of drug-likeness (QED) is 0.0499. The van der Waals surface area contributed by atoms with Gasteiger partial charge >= 0.3 is 0 Å². The lowest BCUT2D eigenvalue weighted by molar-refractivity contribution is -0.384. The Hall–Kier alpha value is -5.53. The second kappa shape index (κ2) is 15.8. The summed E-state index contributed by atoms with van der Waals surface area (Å²) in [4.78, 5) is 55.6. The first-order valence-corrected chi connectivity index (χ1v) is 16.7. The summed E-state index contributed by atoms with van der Waals surface area (Å²) >= 11 is 2.72. The average molecular weight is 682 g/mol. The van der Waals surface area contributed by atoms with Crippen molar-refractivity contribution in [3.05, 3.63) is 124 Å². The first-order chi connectivity index (χ1) is 23.2. The third-order valence-corrected chi connectivity index (χ3v) is 9.17. The van der Waals surface area contributed by atoms with Crippen molar-refractivity contribution in [2.24, 2.45) is 0 Å². The molecule has 1 atom stereocenters. The molecule has 0 aliphatic carbocycles. The molecule has 1 heterocycles. The zero-order valence-corrected chi connectivity index (χ0v) is 27.6. The Morgan fingerprint density at radius 1 is 0.958 bits per heavy atom. The normalized spacial score (nSPS) is 11.8. The summed E-state index contributed by atoms with van der Waals surface area (Å²) < 4.78 is 6.47. The summed E-state index contributed by atoms with van der Waals surface area (Å²) in [5.41, 5.74) is 1.87. The van der Waals surface area contributed by atoms with Crippen LogP contribution in [0.3, 0.4) is 0 Å². The summed E-state index contributed by atoms with van der Waals surface area (Å²) in [6.07, 6.45) is 1.98. The fourth-order valence-electron chi connectivity index (χ4n) is 4.53. The van der Waals surface area contributed by atoms with Crippen molar-refractivity contribution in [2.75, 3.05) is 17.2 Å². The maximum Gasteiger partial charge on any atom is 0.272 e. The van der Waals surface area contributed by atoms with E-state index in [-0.39, 0.29) is 17.3 Å². The number of rotatable bonds is 13. The molecule has 0 radical (unpaired) electrons. The van der Waals surface area contributed by atoms with Crippen LogP contribution in [0.1, 0.15) is 36.2 Å². The molecular weight excluding hydrogens is 651 g/mol. The molecule has 0 saturated carbocycles. The highest BCUT2D eigenvalue weighted by Gasteiger charge is 2.21. The van der Waals surface area contributed by atoms with Crippen molar-refractivity contribution in [1.82, 2.24) is 10.3 Å². The number of benzene rings is 4. The molecule has 0 saturated heterocycles. The number of fused-ring (bicyclic) bond motifs is 1. The van der Waals surface area contributed by atoms with Crippen molar-refractivity contribution in [3.63, 3.8) is 0 Å². The summed E-state index contributed by atoms with van der Waals surface area (Å²) in [5, 5.41) is 19.5. The number of carbonyl (C=O) groups excluding carboxylic acids is 3. The highest BCUT2D eigenvalue weighted by Crippen LogP contribution is 2.32. The minimum Gasteiger partial charge on any atom is -0.494 e. The molecule has 1 unspecified atom stereocenters. The molecule has 13 heteroatoms. The maximum absolute atomic E-state index is 13.5. The second-order valence-corrected chi connectivity index (χ2v) is 12.6. The van der Waals surface area contributed by atoms with Gasteiger partial charge < -0.3 is 20.7 Å². The van der Waals surface area contributed by atoms with Crippen LogP contribution in [-0.2, 0) is 9.59 Å². The summed E-state index contributed by atoms with van der Waals surface area (Å²) in [5.74, 6) is -0.554. The summed E-state index contributed by atoms with van der Waals surface area (Å²) in [6, 6.07) is 26.7. The Morgan fingerprint density at radius 2 is 1.73 bits per heavy atom. The van der Waals surface area contributed by atoms with Gasteiger partial charge in [-0.1, -0.05) is 42.5 Å². The Kier molecular flexibility index (Phi) is 11.2. The Morgan fingerprint density at radius 3 is 2.44 bits per heavy atom. The van der Waals surface area contributed by atoms with E-state index in [0.717, 1.165) is 20.9 Å². The number of anilines is 2. The number of carbonyl (C=O) groups is 3. The highest BCUT2D eigenvalue weighted by molar-refractivity contribution is 8.00. The van der Waals surface area contributed by atoms with Gasteiger partial charge in [-0.2, -0.15) is 0 Å². The number of nitro groups is 1. The maximum atomic E-state index is 13.5. The summed E-state index contributed by atoms with van der Waals surface area (Å²) in [7, 11) is 0. The van der Waals surface area contributed by atoms with Gasteiger partial charge in [0.15, 0.2) is 5.13 Å². The third-order valence-electron chi connectivity index (χ3n) is 6.88. The van der Waals surface area contributed by atoms with Crippen LogP contribution in [0.4, 0.5) is 16.5 Å². The molecule has 244 valence electrons. The number of ether oxygens (including phenoxy) is 1. The zero-order valence-electron chi connectivity index (χ0n) is 26.0. The molecule has 48 heavy (non-hydrogen) atoms. The van der Waals surface area contributed by atoms with Crippen LogP contribution in [0.5, 0.6) is 5.75 Å². The number of amides is 3. The average Bonchev–Trinajstić information content (AvgIpc) is 3.49. The van der Waals surface area contributed by atoms with Crippen molar-refractivity contribution in [1.29, 1.82) is 0 Å². The van der Waals surface area contributed by atoms with E-state index < -0.39 is 22.0 Å². The topological polar surface area (TPSA) is 153 Å². The fourth-order valence-corrected chi connectivity index (χ4v) is 6.44. The van der Waals surface area contributed by atoms with E-state index in [4.69, 9.17) is 4.74 Å². The number of aromatic nitrogens is 1. The Labute approximate surface area is 284 Å². The van der Waals surface area contributed by atoms with Gasteiger partial charge in [-0.15, -0.1) is 11.8 Å². The lowest BCUT2D eigenvalue weighted by atomic mass is 10.1. The Bertz CT molecular complexity index is 1980. The number of thioether (sulfide) groups is 1. The van der Waals surface area contributed by atoms with Gasteiger partial charge in [-0.05, 0) is 85.6 Å². The molecule has 0 aliphatic heterocycles. The molecule has 3 amide bonds. The summed E-state index contributed by atoms with van der Waals surface area (Å²) in [6.45, 7) is 4.39. The van der Waals surface area contributed by atoms with Gasteiger partial charge in [0.25, 0.3) is 17.5 Å². The van der Waals surface area contributed by atoms with Crippen molar-refractivity contribution < 1.29 is 24.0 Å². The molecule has 0 aliphatic rings. The number of non-ortho nitro benzene ring substituents is 1. The molecule has 11 nitrogen and oxygen atoms in total. The molecule has 0 spiro atoms. The first-order valence-electron chi connectivity index (χ1n) is 15.0. The van der Waals surface area contributed by atoms with Crippen LogP contribution in [0, 0.1) is 10.1 Å². The van der Waals surface area contributed by atoms with E-state index >= 15 is 0 Å². The SMILES string of the molecule is CCOc1ccc2nc(NC(=O)C(CC)Sc3cccc(NC(=O)/C(=C\c4ccc([N+](=O)[O-])cc4)NC(=O)c4ccccc4)c3)sc2c1. The third kappa shape index (κ3) is 8.84. The van der Waals surface area contributed by atoms with Gasteiger partial charge in [0.1, 0.15) is 11.4 Å². The van der Waals surface area contributed by atoms with E-state index in [1.165, 1.54) is 53.4 Å². The molecule has 5 aromatic rings. The zero-order chi connectivity index (χ0) is 34.0. The van der Waals surface area contributed by atoms with E-state index in [9.17, 15) is 24.5 Å². The van der Waals surface area contributed by atoms with Crippen LogP contribution in [0.25, 0.3) is 16.3 Å². The number of nitrogens with zero attached hydrogens (tertiary/aromatic N) is 2. The molecule has 3 N–H and O–H groups in total. The molecule has 1 aromatic heterocycles. The van der Waals surface area contributed by atoms with E-state index in [2.05, 4.69) is 20.9 Å². The van der Waals surface area contributed by atoms with Crippen LogP contribution in [0.15, 0.2) is 108 Å². The number of nitrogens with one attached hydrogen (secondary N) is 3. The smallest absolute Gasteiger partial charge is 0.272 e. The number of hydrogen-bond acceptors (Lipinski definition) is 9. The minimum atomic E-state index is -0.604. The number of thiazole rings is 1.